The number of hydrogen-bond acceptors (Lipinski definition) is 2. The molecule has 2 rings (SSSR count). The highest BCUT2D eigenvalue weighted by Gasteiger charge is 2.26. The van der Waals surface area contributed by atoms with Gasteiger partial charge in [0.15, 0.2) is 5.00 Å². The SMILES string of the molecule is O=NC1(Cl)C=CC(c2ccccc2)=CC1. The summed E-state index contributed by atoms with van der Waals surface area (Å²) in [6.45, 7) is 0. The van der Waals surface area contributed by atoms with Crippen molar-refractivity contribution >= 4 is 17.2 Å². The fourth-order valence-corrected chi connectivity index (χ4v) is 1.66. The highest BCUT2D eigenvalue weighted by Crippen LogP contribution is 2.32. The maximum absolute atomic E-state index is 10.5. The predicted octanol–water partition coefficient (Wildman–Crippen LogP) is 3.73. The Morgan fingerprint density at radius 1 is 1.27 bits per heavy atom. The molecule has 76 valence electrons. The molecule has 3 heteroatoms. The summed E-state index contributed by atoms with van der Waals surface area (Å²) in [6, 6.07) is 9.96. The number of hydrogen-bond donors (Lipinski definition) is 0. The molecule has 1 aromatic carbocycles. The highest BCUT2D eigenvalue weighted by molar-refractivity contribution is 6.25. The molecule has 1 atom stereocenters. The van der Waals surface area contributed by atoms with E-state index in [1.54, 1.807) is 6.08 Å². The van der Waals surface area contributed by atoms with Crippen molar-refractivity contribution in [1.82, 2.24) is 0 Å². The van der Waals surface area contributed by atoms with Crippen LogP contribution in [0.4, 0.5) is 0 Å². The molecule has 0 amide bonds. The van der Waals surface area contributed by atoms with Crippen LogP contribution in [0.15, 0.2) is 53.7 Å². The van der Waals surface area contributed by atoms with Gasteiger partial charge in [-0.25, -0.2) is 0 Å². The zero-order valence-electron chi connectivity index (χ0n) is 8.06. The average Bonchev–Trinajstić information content (AvgIpc) is 2.31. The predicted molar refractivity (Wildman–Crippen MR) is 62.6 cm³/mol. The average molecular weight is 220 g/mol. The second-order valence-corrected chi connectivity index (χ2v) is 4.13. The van der Waals surface area contributed by atoms with Gasteiger partial charge in [0.05, 0.1) is 0 Å². The van der Waals surface area contributed by atoms with Crippen molar-refractivity contribution in [2.24, 2.45) is 5.18 Å². The number of alkyl halides is 1. The molecule has 1 aliphatic rings. The minimum atomic E-state index is -1.09. The van der Waals surface area contributed by atoms with Gasteiger partial charge in [0, 0.05) is 6.42 Å². The standard InChI is InChI=1S/C12H10ClNO/c13-12(14-15)8-6-11(7-9-12)10-4-2-1-3-5-10/h1-8H,9H2. The molecule has 15 heavy (non-hydrogen) atoms. The van der Waals surface area contributed by atoms with E-state index >= 15 is 0 Å². The van der Waals surface area contributed by atoms with Gasteiger partial charge in [-0.3, -0.25) is 0 Å². The summed E-state index contributed by atoms with van der Waals surface area (Å²) in [4.78, 5) is 9.38. The number of benzene rings is 1. The van der Waals surface area contributed by atoms with Crippen LogP contribution in [-0.4, -0.2) is 5.00 Å². The molecule has 2 nitrogen and oxygen atoms in total. The zero-order chi connectivity index (χ0) is 10.7. The van der Waals surface area contributed by atoms with Crippen LogP contribution < -0.4 is 0 Å². The molecule has 0 bridgehead atoms. The number of rotatable bonds is 2. The van der Waals surface area contributed by atoms with Gasteiger partial charge < -0.3 is 0 Å². The maximum Gasteiger partial charge on any atom is 0.197 e. The van der Waals surface area contributed by atoms with Gasteiger partial charge >= 0.3 is 0 Å². The Labute approximate surface area is 93.2 Å². The number of allylic oxidation sites excluding steroid dienone is 2. The molecule has 0 heterocycles. The molecule has 0 aliphatic heterocycles. The van der Waals surface area contributed by atoms with Gasteiger partial charge in [-0.15, -0.1) is 4.91 Å². The van der Waals surface area contributed by atoms with Crippen LogP contribution in [0.5, 0.6) is 0 Å². The lowest BCUT2D eigenvalue weighted by Gasteiger charge is -2.17. The van der Waals surface area contributed by atoms with Crippen LogP contribution in [-0.2, 0) is 0 Å². The first-order valence-corrected chi connectivity index (χ1v) is 5.09. The first kappa shape index (κ1) is 10.1. The molecule has 0 N–H and O–H groups in total. The molecule has 0 radical (unpaired) electrons. The molecule has 0 spiro atoms. The smallest absolute Gasteiger partial charge is 0.149 e. The second kappa shape index (κ2) is 3.99. The number of nitroso groups, excluding NO2 is 1. The fourth-order valence-electron chi connectivity index (χ4n) is 1.52. The largest absolute Gasteiger partial charge is 0.197 e. The van der Waals surface area contributed by atoms with Crippen LogP contribution in [0.25, 0.3) is 5.57 Å². The Morgan fingerprint density at radius 2 is 2.00 bits per heavy atom. The monoisotopic (exact) mass is 219 g/mol. The third-order valence-electron chi connectivity index (χ3n) is 2.39. The Hall–Kier alpha value is -1.41. The lowest BCUT2D eigenvalue weighted by Crippen LogP contribution is -2.15. The van der Waals surface area contributed by atoms with Gasteiger partial charge in [-0.1, -0.05) is 54.1 Å². The van der Waals surface area contributed by atoms with E-state index in [2.05, 4.69) is 5.18 Å². The summed E-state index contributed by atoms with van der Waals surface area (Å²) in [6.07, 6.45) is 5.86. The normalized spacial score (nSPS) is 24.7. The van der Waals surface area contributed by atoms with Crippen LogP contribution >= 0.6 is 11.6 Å². The molecule has 1 aromatic rings. The quantitative estimate of drug-likeness (QED) is 0.423. The minimum Gasteiger partial charge on any atom is -0.149 e. The van der Waals surface area contributed by atoms with Crippen LogP contribution in [0.1, 0.15) is 12.0 Å². The molecule has 1 aliphatic carbocycles. The van der Waals surface area contributed by atoms with Crippen molar-refractivity contribution in [3.63, 3.8) is 0 Å². The first-order valence-electron chi connectivity index (χ1n) is 4.72. The summed E-state index contributed by atoms with van der Waals surface area (Å²) < 4.78 is 0. The van der Waals surface area contributed by atoms with E-state index < -0.39 is 5.00 Å². The minimum absolute atomic E-state index is 0.443. The van der Waals surface area contributed by atoms with E-state index in [9.17, 15) is 4.91 Å². The van der Waals surface area contributed by atoms with E-state index in [1.807, 2.05) is 42.5 Å². The molecule has 0 saturated carbocycles. The third-order valence-corrected chi connectivity index (χ3v) is 2.73. The van der Waals surface area contributed by atoms with Crippen LogP contribution in [0.3, 0.4) is 0 Å². The summed E-state index contributed by atoms with van der Waals surface area (Å²) in [5, 5.41) is 2.89. The van der Waals surface area contributed by atoms with E-state index in [-0.39, 0.29) is 0 Å². The number of halogens is 1. The van der Waals surface area contributed by atoms with Gasteiger partial charge in [-0.05, 0) is 22.4 Å². The molecule has 0 aromatic heterocycles. The maximum atomic E-state index is 10.5. The topological polar surface area (TPSA) is 29.4 Å². The first-order chi connectivity index (χ1) is 7.23. The van der Waals surface area contributed by atoms with Gasteiger partial charge in [0.25, 0.3) is 0 Å². The molecular formula is C12H10ClNO. The van der Waals surface area contributed by atoms with E-state index in [1.165, 1.54) is 0 Å². The zero-order valence-corrected chi connectivity index (χ0v) is 8.82. The molecule has 0 saturated heterocycles. The number of nitrogens with zero attached hydrogens (tertiary/aromatic N) is 1. The fraction of sp³-hybridized carbons (Fsp3) is 0.167. The molecule has 0 fully saturated rings. The molecular weight excluding hydrogens is 210 g/mol. The van der Waals surface area contributed by atoms with Crippen molar-refractivity contribution in [2.45, 2.75) is 11.4 Å². The lowest BCUT2D eigenvalue weighted by atomic mass is 9.97. The van der Waals surface area contributed by atoms with Gasteiger partial charge in [0.2, 0.25) is 0 Å². The van der Waals surface area contributed by atoms with Crippen molar-refractivity contribution < 1.29 is 0 Å². The molecule has 1 unspecified atom stereocenters. The van der Waals surface area contributed by atoms with Crippen molar-refractivity contribution in [2.75, 3.05) is 0 Å². The van der Waals surface area contributed by atoms with Crippen molar-refractivity contribution in [3.8, 4) is 0 Å². The highest BCUT2D eigenvalue weighted by atomic mass is 35.5. The van der Waals surface area contributed by atoms with E-state index in [0.717, 1.165) is 11.1 Å². The second-order valence-electron chi connectivity index (χ2n) is 3.47. The van der Waals surface area contributed by atoms with E-state index in [0.29, 0.717) is 6.42 Å². The van der Waals surface area contributed by atoms with Crippen molar-refractivity contribution in [3.05, 3.63) is 59.0 Å². The van der Waals surface area contributed by atoms with E-state index in [4.69, 9.17) is 11.6 Å². The van der Waals surface area contributed by atoms with Crippen LogP contribution in [0.2, 0.25) is 0 Å². The third kappa shape index (κ3) is 2.16. The summed E-state index contributed by atoms with van der Waals surface area (Å²) in [7, 11) is 0. The summed E-state index contributed by atoms with van der Waals surface area (Å²) in [5.41, 5.74) is 2.20. The summed E-state index contributed by atoms with van der Waals surface area (Å²) >= 11 is 5.90. The van der Waals surface area contributed by atoms with Crippen molar-refractivity contribution in [1.29, 1.82) is 0 Å². The Kier molecular flexibility index (Phi) is 2.69. The summed E-state index contributed by atoms with van der Waals surface area (Å²) in [5.74, 6) is 0. The lowest BCUT2D eigenvalue weighted by molar-refractivity contribution is 0.740. The Morgan fingerprint density at radius 3 is 2.53 bits per heavy atom. The van der Waals surface area contributed by atoms with Crippen LogP contribution in [0, 0.1) is 4.91 Å². The van der Waals surface area contributed by atoms with Gasteiger partial charge in [-0.2, -0.15) is 0 Å². The Balaban J connectivity index is 2.24. The van der Waals surface area contributed by atoms with Gasteiger partial charge in [0.1, 0.15) is 0 Å². The Bertz CT molecular complexity index is 425.